The third-order valence-electron chi connectivity index (χ3n) is 3.30. The fourth-order valence-corrected chi connectivity index (χ4v) is 2.74. The van der Waals surface area contributed by atoms with E-state index in [1.165, 1.54) is 0 Å². The van der Waals surface area contributed by atoms with Gasteiger partial charge in [0.15, 0.2) is 0 Å². The summed E-state index contributed by atoms with van der Waals surface area (Å²) in [5, 5.41) is 8.98. The number of hydrogen-bond acceptors (Lipinski definition) is 3. The molecule has 1 aliphatic rings. The number of nitrogens with zero attached hydrogens (tertiary/aromatic N) is 2. The van der Waals surface area contributed by atoms with E-state index in [0.717, 1.165) is 36.8 Å². The minimum Gasteiger partial charge on any atom is -0.396 e. The first-order valence-electron chi connectivity index (χ1n) is 6.21. The summed E-state index contributed by atoms with van der Waals surface area (Å²) < 4.78 is 0.817. The van der Waals surface area contributed by atoms with Gasteiger partial charge in [-0.25, -0.2) is 0 Å². The summed E-state index contributed by atoms with van der Waals surface area (Å²) in [6, 6.07) is 1.80. The van der Waals surface area contributed by atoms with E-state index in [4.69, 9.17) is 5.11 Å². The Labute approximate surface area is 115 Å². The van der Waals surface area contributed by atoms with E-state index in [1.54, 1.807) is 18.5 Å². The van der Waals surface area contributed by atoms with E-state index in [1.807, 2.05) is 4.90 Å². The molecule has 1 saturated heterocycles. The van der Waals surface area contributed by atoms with Crippen LogP contribution in [0.1, 0.15) is 29.6 Å². The van der Waals surface area contributed by atoms with Crippen molar-refractivity contribution in [2.24, 2.45) is 5.92 Å². The molecule has 98 valence electrons. The van der Waals surface area contributed by atoms with E-state index in [2.05, 4.69) is 20.9 Å². The number of amides is 1. The number of halogens is 1. The van der Waals surface area contributed by atoms with Crippen LogP contribution in [0.5, 0.6) is 0 Å². The van der Waals surface area contributed by atoms with Crippen LogP contribution in [0.3, 0.4) is 0 Å². The van der Waals surface area contributed by atoms with Gasteiger partial charge in [-0.05, 0) is 47.2 Å². The lowest BCUT2D eigenvalue weighted by atomic mass is 9.95. The average Bonchev–Trinajstić information content (AvgIpc) is 2.39. The van der Waals surface area contributed by atoms with Gasteiger partial charge >= 0.3 is 0 Å². The number of piperidine rings is 1. The Balaban J connectivity index is 2.04. The summed E-state index contributed by atoms with van der Waals surface area (Å²) in [5.74, 6) is 0.458. The van der Waals surface area contributed by atoms with Gasteiger partial charge in [0.2, 0.25) is 0 Å². The van der Waals surface area contributed by atoms with Crippen LogP contribution in [0.25, 0.3) is 0 Å². The highest BCUT2D eigenvalue weighted by Crippen LogP contribution is 2.21. The van der Waals surface area contributed by atoms with Gasteiger partial charge in [-0.3, -0.25) is 9.78 Å². The zero-order chi connectivity index (χ0) is 13.0. The van der Waals surface area contributed by atoms with Gasteiger partial charge in [0.1, 0.15) is 0 Å². The number of aromatic nitrogens is 1. The first kappa shape index (κ1) is 13.5. The minimum absolute atomic E-state index is 0.0337. The molecule has 0 aliphatic carbocycles. The van der Waals surface area contributed by atoms with Crippen LogP contribution in [0, 0.1) is 5.92 Å². The first-order valence-corrected chi connectivity index (χ1v) is 7.00. The molecule has 1 aliphatic heterocycles. The Morgan fingerprint density at radius 3 is 3.11 bits per heavy atom. The molecule has 18 heavy (non-hydrogen) atoms. The molecule has 0 bridgehead atoms. The molecule has 1 N–H and O–H groups in total. The molecule has 1 aromatic rings. The van der Waals surface area contributed by atoms with Crippen molar-refractivity contribution in [1.29, 1.82) is 0 Å². The maximum atomic E-state index is 12.3. The van der Waals surface area contributed by atoms with E-state index < -0.39 is 0 Å². The molecule has 2 heterocycles. The zero-order valence-corrected chi connectivity index (χ0v) is 11.8. The number of pyridine rings is 1. The average molecular weight is 313 g/mol. The predicted molar refractivity (Wildman–Crippen MR) is 72.3 cm³/mol. The monoisotopic (exact) mass is 312 g/mol. The number of carbonyl (C=O) groups excluding carboxylic acids is 1. The van der Waals surface area contributed by atoms with Crippen molar-refractivity contribution >= 4 is 21.8 Å². The summed E-state index contributed by atoms with van der Waals surface area (Å²) in [6.07, 6.45) is 6.16. The number of aliphatic hydroxyl groups excluding tert-OH is 1. The Hall–Kier alpha value is -0.940. The van der Waals surface area contributed by atoms with Crippen molar-refractivity contribution < 1.29 is 9.90 Å². The lowest BCUT2D eigenvalue weighted by Gasteiger charge is -2.32. The second-order valence-electron chi connectivity index (χ2n) is 4.66. The van der Waals surface area contributed by atoms with Crippen molar-refractivity contribution in [3.8, 4) is 0 Å². The molecule has 0 spiro atoms. The van der Waals surface area contributed by atoms with Crippen LogP contribution in [0.4, 0.5) is 0 Å². The second kappa shape index (κ2) is 6.29. The fourth-order valence-electron chi connectivity index (χ4n) is 2.38. The summed E-state index contributed by atoms with van der Waals surface area (Å²) in [4.78, 5) is 18.2. The molecular formula is C13H17BrN2O2. The number of aliphatic hydroxyl groups is 1. The highest BCUT2D eigenvalue weighted by Gasteiger charge is 2.24. The van der Waals surface area contributed by atoms with Crippen LogP contribution < -0.4 is 0 Å². The van der Waals surface area contributed by atoms with Crippen molar-refractivity contribution in [1.82, 2.24) is 9.88 Å². The summed E-state index contributed by atoms with van der Waals surface area (Å²) in [5.41, 5.74) is 0.619. The van der Waals surface area contributed by atoms with E-state index in [0.29, 0.717) is 11.5 Å². The van der Waals surface area contributed by atoms with Gasteiger partial charge < -0.3 is 10.0 Å². The highest BCUT2D eigenvalue weighted by atomic mass is 79.9. The Morgan fingerprint density at radius 2 is 2.39 bits per heavy atom. The Bertz CT molecular complexity index is 423. The number of rotatable bonds is 3. The van der Waals surface area contributed by atoms with Crippen molar-refractivity contribution in [2.45, 2.75) is 19.3 Å². The fraction of sp³-hybridized carbons (Fsp3) is 0.538. The van der Waals surface area contributed by atoms with E-state index in [-0.39, 0.29) is 12.5 Å². The van der Waals surface area contributed by atoms with Gasteiger partial charge in [0.05, 0.1) is 5.56 Å². The molecule has 1 unspecified atom stereocenters. The normalized spacial score (nSPS) is 19.9. The van der Waals surface area contributed by atoms with Gasteiger partial charge in [0.25, 0.3) is 5.91 Å². The topological polar surface area (TPSA) is 53.4 Å². The van der Waals surface area contributed by atoms with E-state index in [9.17, 15) is 4.79 Å². The SMILES string of the molecule is O=C(c1cncc(Br)c1)N1CCCC(CCO)C1. The van der Waals surface area contributed by atoms with Crippen molar-refractivity contribution in [2.75, 3.05) is 19.7 Å². The molecule has 0 radical (unpaired) electrons. The second-order valence-corrected chi connectivity index (χ2v) is 5.58. The minimum atomic E-state index is 0.0337. The van der Waals surface area contributed by atoms with Crippen LogP contribution >= 0.6 is 15.9 Å². The lowest BCUT2D eigenvalue weighted by molar-refractivity contribution is 0.0653. The molecule has 0 aromatic carbocycles. The molecule has 1 fully saturated rings. The van der Waals surface area contributed by atoms with Crippen molar-refractivity contribution in [3.63, 3.8) is 0 Å². The molecule has 5 heteroatoms. The zero-order valence-electron chi connectivity index (χ0n) is 10.2. The summed E-state index contributed by atoms with van der Waals surface area (Å²) >= 11 is 3.32. The Kier molecular flexibility index (Phi) is 4.72. The van der Waals surface area contributed by atoms with Crippen LogP contribution in [-0.4, -0.2) is 40.6 Å². The summed E-state index contributed by atoms with van der Waals surface area (Å²) in [7, 11) is 0. The van der Waals surface area contributed by atoms with Crippen LogP contribution in [0.15, 0.2) is 22.9 Å². The van der Waals surface area contributed by atoms with Gasteiger partial charge in [-0.15, -0.1) is 0 Å². The highest BCUT2D eigenvalue weighted by molar-refractivity contribution is 9.10. The standard InChI is InChI=1S/C13H17BrN2O2/c14-12-6-11(7-15-8-12)13(18)16-4-1-2-10(9-16)3-5-17/h6-8,10,17H,1-5,9H2. The molecule has 2 rings (SSSR count). The van der Waals surface area contributed by atoms with Crippen LogP contribution in [-0.2, 0) is 0 Å². The molecule has 1 atom stereocenters. The number of hydrogen-bond donors (Lipinski definition) is 1. The third-order valence-corrected chi connectivity index (χ3v) is 3.73. The molecule has 0 saturated carbocycles. The summed E-state index contributed by atoms with van der Waals surface area (Å²) in [6.45, 7) is 1.74. The number of carbonyl (C=O) groups is 1. The van der Waals surface area contributed by atoms with Crippen molar-refractivity contribution in [3.05, 3.63) is 28.5 Å². The quantitative estimate of drug-likeness (QED) is 0.929. The third kappa shape index (κ3) is 3.29. The largest absolute Gasteiger partial charge is 0.396 e. The predicted octanol–water partition coefficient (Wildman–Crippen LogP) is 2.08. The number of likely N-dealkylation sites (tertiary alicyclic amines) is 1. The van der Waals surface area contributed by atoms with Gasteiger partial charge in [0, 0.05) is 36.6 Å². The van der Waals surface area contributed by atoms with Gasteiger partial charge in [-0.1, -0.05) is 0 Å². The van der Waals surface area contributed by atoms with Crippen LogP contribution in [0.2, 0.25) is 0 Å². The molecule has 4 nitrogen and oxygen atoms in total. The van der Waals surface area contributed by atoms with Gasteiger partial charge in [-0.2, -0.15) is 0 Å². The maximum Gasteiger partial charge on any atom is 0.255 e. The Morgan fingerprint density at radius 1 is 1.56 bits per heavy atom. The molecule has 1 amide bonds. The molecular weight excluding hydrogens is 296 g/mol. The maximum absolute atomic E-state index is 12.3. The van der Waals surface area contributed by atoms with E-state index >= 15 is 0 Å². The lowest BCUT2D eigenvalue weighted by Crippen LogP contribution is -2.40. The first-order chi connectivity index (χ1) is 8.70. The smallest absolute Gasteiger partial charge is 0.255 e. The molecule has 1 aromatic heterocycles.